The summed E-state index contributed by atoms with van der Waals surface area (Å²) in [6, 6.07) is 3.08. The molecule has 0 aliphatic rings. The molecule has 2 aromatic rings. The molecule has 10 heteroatoms. The largest absolute Gasteiger partial charge is 0.354 e. The number of nitrogens with zero attached hydrogens (tertiary/aromatic N) is 1. The van der Waals surface area contributed by atoms with Gasteiger partial charge in [-0.05, 0) is 38.5 Å². The summed E-state index contributed by atoms with van der Waals surface area (Å²) in [5.41, 5.74) is -0.578. The molecular formula is C20H24F4N4O2. The fourth-order valence-corrected chi connectivity index (χ4v) is 1.67. The first kappa shape index (κ1) is 26.6. The van der Waals surface area contributed by atoms with E-state index in [0.29, 0.717) is 0 Å². The second kappa shape index (κ2) is 13.7. The van der Waals surface area contributed by atoms with Crippen molar-refractivity contribution in [1.29, 1.82) is 0 Å². The Balaban J connectivity index is 0.000000706. The molecule has 164 valence electrons. The van der Waals surface area contributed by atoms with Gasteiger partial charge in [-0.3, -0.25) is 14.7 Å². The lowest BCUT2D eigenvalue weighted by Crippen LogP contribution is -2.22. The van der Waals surface area contributed by atoms with Crippen LogP contribution in [0.4, 0.5) is 23.2 Å². The standard InChI is InChI=1S/C12H10F2N4O2.C5H8F2.C3H6/c1-15-12(20)10-8(5-16-18-10)17-11(19)9-6(13)3-2-4-7(9)14;1-4(3-6)5(2)7;1-3-2/h2-5H,1H3,(H,15,20)(H,16,18)(H,17,19);3,5H,1-2H3;3H,1H2,2H3/b;4-3+;. The molecule has 2 rings (SSSR count). The molecule has 3 N–H and O–H groups in total. The van der Waals surface area contributed by atoms with Gasteiger partial charge in [0.2, 0.25) is 0 Å². The maximum atomic E-state index is 13.5. The number of carbonyl (C=O) groups is 2. The van der Waals surface area contributed by atoms with Crippen LogP contribution in [0.3, 0.4) is 0 Å². The van der Waals surface area contributed by atoms with Crippen molar-refractivity contribution < 1.29 is 27.2 Å². The van der Waals surface area contributed by atoms with Crippen LogP contribution in [0.1, 0.15) is 41.6 Å². The number of carbonyl (C=O) groups excluding carboxylic acids is 2. The minimum atomic E-state index is -1.15. The monoisotopic (exact) mass is 428 g/mol. The van der Waals surface area contributed by atoms with E-state index in [2.05, 4.69) is 27.4 Å². The zero-order valence-corrected chi connectivity index (χ0v) is 17.0. The van der Waals surface area contributed by atoms with Crippen LogP contribution in [-0.4, -0.2) is 35.2 Å². The number of aromatic nitrogens is 2. The van der Waals surface area contributed by atoms with E-state index in [1.54, 1.807) is 6.08 Å². The number of aromatic amines is 1. The molecular weight excluding hydrogens is 404 g/mol. The Morgan fingerprint density at radius 1 is 1.23 bits per heavy atom. The second-order valence-corrected chi connectivity index (χ2v) is 5.67. The lowest BCUT2D eigenvalue weighted by atomic mass is 10.2. The highest BCUT2D eigenvalue weighted by Gasteiger charge is 2.20. The molecule has 0 aliphatic carbocycles. The predicted octanol–water partition coefficient (Wildman–Crippen LogP) is 4.71. The van der Waals surface area contributed by atoms with E-state index >= 15 is 0 Å². The lowest BCUT2D eigenvalue weighted by Gasteiger charge is -2.06. The summed E-state index contributed by atoms with van der Waals surface area (Å²) in [4.78, 5) is 23.3. The van der Waals surface area contributed by atoms with Gasteiger partial charge in [0.15, 0.2) is 0 Å². The molecule has 0 saturated heterocycles. The van der Waals surface area contributed by atoms with Crippen molar-refractivity contribution in [3.05, 3.63) is 71.8 Å². The van der Waals surface area contributed by atoms with Crippen LogP contribution >= 0.6 is 0 Å². The van der Waals surface area contributed by atoms with E-state index in [0.717, 1.165) is 18.2 Å². The number of rotatable bonds is 4. The number of hydrogen-bond acceptors (Lipinski definition) is 3. The Kier molecular flexibility index (Phi) is 12.1. The average Bonchev–Trinajstić information content (AvgIpc) is 3.15. The van der Waals surface area contributed by atoms with Gasteiger partial charge in [-0.25, -0.2) is 17.6 Å². The summed E-state index contributed by atoms with van der Waals surface area (Å²) in [5, 5.41) is 10.5. The Morgan fingerprint density at radius 2 is 1.77 bits per heavy atom. The molecule has 2 amide bonds. The van der Waals surface area contributed by atoms with Gasteiger partial charge in [0.25, 0.3) is 11.8 Å². The van der Waals surface area contributed by atoms with E-state index in [1.807, 2.05) is 6.92 Å². The van der Waals surface area contributed by atoms with E-state index in [9.17, 15) is 27.2 Å². The third-order valence-corrected chi connectivity index (χ3v) is 3.33. The molecule has 0 saturated carbocycles. The van der Waals surface area contributed by atoms with E-state index in [1.165, 1.54) is 27.1 Å². The van der Waals surface area contributed by atoms with Crippen molar-refractivity contribution in [3.63, 3.8) is 0 Å². The summed E-state index contributed by atoms with van der Waals surface area (Å²) in [7, 11) is 1.39. The molecule has 0 fully saturated rings. The maximum absolute atomic E-state index is 13.5. The highest BCUT2D eigenvalue weighted by molar-refractivity contribution is 6.08. The molecule has 1 atom stereocenters. The zero-order chi connectivity index (χ0) is 23.3. The lowest BCUT2D eigenvalue weighted by molar-refractivity contribution is 0.0959. The van der Waals surface area contributed by atoms with Gasteiger partial charge in [0.1, 0.15) is 29.1 Å². The Bertz CT molecular complexity index is 859. The molecule has 0 radical (unpaired) electrons. The van der Waals surface area contributed by atoms with Crippen molar-refractivity contribution in [2.45, 2.75) is 26.9 Å². The van der Waals surface area contributed by atoms with Gasteiger partial charge < -0.3 is 10.6 Å². The number of nitrogens with one attached hydrogen (secondary N) is 3. The van der Waals surface area contributed by atoms with Crippen molar-refractivity contribution in [1.82, 2.24) is 15.5 Å². The molecule has 1 aromatic carbocycles. The molecule has 1 heterocycles. The number of amides is 2. The van der Waals surface area contributed by atoms with Crippen molar-refractivity contribution >= 4 is 17.5 Å². The van der Waals surface area contributed by atoms with E-state index < -0.39 is 35.2 Å². The Labute approximate surface area is 172 Å². The van der Waals surface area contributed by atoms with E-state index in [4.69, 9.17) is 0 Å². The van der Waals surface area contributed by atoms with Crippen LogP contribution < -0.4 is 10.6 Å². The third-order valence-electron chi connectivity index (χ3n) is 3.33. The van der Waals surface area contributed by atoms with Crippen LogP contribution in [0, 0.1) is 11.6 Å². The summed E-state index contributed by atoms with van der Waals surface area (Å²) in [6.07, 6.45) is 2.05. The fourth-order valence-electron chi connectivity index (χ4n) is 1.67. The average molecular weight is 428 g/mol. The highest BCUT2D eigenvalue weighted by atomic mass is 19.1. The smallest absolute Gasteiger partial charge is 0.271 e. The topological polar surface area (TPSA) is 86.9 Å². The van der Waals surface area contributed by atoms with Crippen LogP contribution in [0.2, 0.25) is 0 Å². The molecule has 0 bridgehead atoms. The van der Waals surface area contributed by atoms with Gasteiger partial charge in [-0.15, -0.1) is 6.58 Å². The minimum absolute atomic E-state index is 0.0161. The first-order valence-corrected chi connectivity index (χ1v) is 8.63. The summed E-state index contributed by atoms with van der Waals surface area (Å²) in [6.45, 7) is 7.95. The van der Waals surface area contributed by atoms with Crippen molar-refractivity contribution in [2.24, 2.45) is 0 Å². The quantitative estimate of drug-likeness (QED) is 0.487. The van der Waals surface area contributed by atoms with E-state index in [-0.39, 0.29) is 23.3 Å². The molecule has 30 heavy (non-hydrogen) atoms. The SMILES string of the molecule is C/C(=C\F)C(C)F.C=CC.CNC(=O)c1[nH]ncc1NC(=O)c1c(F)cccc1F. The number of allylic oxidation sites excluding steroid dienone is 2. The fraction of sp³-hybridized carbons (Fsp3) is 0.250. The number of halogens is 4. The first-order valence-electron chi connectivity index (χ1n) is 8.63. The number of benzene rings is 1. The van der Waals surface area contributed by atoms with Crippen molar-refractivity contribution in [3.8, 4) is 0 Å². The molecule has 1 unspecified atom stereocenters. The van der Waals surface area contributed by atoms with Gasteiger partial charge >= 0.3 is 0 Å². The molecule has 1 aromatic heterocycles. The number of H-pyrrole nitrogens is 1. The van der Waals surface area contributed by atoms with Crippen LogP contribution in [0.15, 0.2) is 49.0 Å². The zero-order valence-electron chi connectivity index (χ0n) is 17.0. The number of alkyl halides is 1. The summed E-state index contributed by atoms with van der Waals surface area (Å²) < 4.78 is 49.9. The van der Waals surface area contributed by atoms with Crippen LogP contribution in [0.5, 0.6) is 0 Å². The number of anilines is 1. The number of hydrogen-bond donors (Lipinski definition) is 3. The van der Waals surface area contributed by atoms with Crippen molar-refractivity contribution in [2.75, 3.05) is 12.4 Å². The first-order chi connectivity index (χ1) is 14.1. The molecule has 0 spiro atoms. The molecule has 6 nitrogen and oxygen atoms in total. The normalized spacial score (nSPS) is 11.1. The Morgan fingerprint density at radius 3 is 2.17 bits per heavy atom. The highest BCUT2D eigenvalue weighted by Crippen LogP contribution is 2.17. The summed E-state index contributed by atoms with van der Waals surface area (Å²) in [5.74, 6) is -3.51. The maximum Gasteiger partial charge on any atom is 0.271 e. The summed E-state index contributed by atoms with van der Waals surface area (Å²) >= 11 is 0. The predicted molar refractivity (Wildman–Crippen MR) is 108 cm³/mol. The van der Waals surface area contributed by atoms with Crippen LogP contribution in [-0.2, 0) is 0 Å². The second-order valence-electron chi connectivity index (χ2n) is 5.67. The van der Waals surface area contributed by atoms with Gasteiger partial charge in [0, 0.05) is 7.05 Å². The third kappa shape index (κ3) is 8.29. The Hall–Kier alpha value is -3.43. The van der Waals surface area contributed by atoms with Gasteiger partial charge in [0.05, 0.1) is 18.2 Å². The van der Waals surface area contributed by atoms with Crippen LogP contribution in [0.25, 0.3) is 0 Å². The van der Waals surface area contributed by atoms with Gasteiger partial charge in [-0.2, -0.15) is 5.10 Å². The minimum Gasteiger partial charge on any atom is -0.354 e. The molecule has 0 aliphatic heterocycles. The van der Waals surface area contributed by atoms with Gasteiger partial charge in [-0.1, -0.05) is 12.1 Å².